The summed E-state index contributed by atoms with van der Waals surface area (Å²) in [6.45, 7) is 4.92. The smallest absolute Gasteiger partial charge is 0.181 e. The third-order valence-corrected chi connectivity index (χ3v) is 4.78. The van der Waals surface area contributed by atoms with Crippen molar-refractivity contribution in [2.45, 2.75) is 32.2 Å². The quantitative estimate of drug-likeness (QED) is 0.794. The number of aromatic amines is 1. The third kappa shape index (κ3) is 3.58. The molecule has 25 heavy (non-hydrogen) atoms. The molecular weight excluding hydrogens is 312 g/mol. The number of rotatable bonds is 4. The molecule has 1 aliphatic rings. The van der Waals surface area contributed by atoms with Crippen molar-refractivity contribution in [2.24, 2.45) is 0 Å². The van der Waals surface area contributed by atoms with Crippen LogP contribution in [0.3, 0.4) is 0 Å². The minimum Gasteiger partial charge on any atom is -0.297 e. The van der Waals surface area contributed by atoms with E-state index in [-0.39, 0.29) is 0 Å². The number of hydrogen-bond acceptors (Lipinski definition) is 5. The minimum absolute atomic E-state index is 0.385. The minimum atomic E-state index is 0.385. The summed E-state index contributed by atoms with van der Waals surface area (Å²) in [5.74, 6) is 2.15. The first kappa shape index (κ1) is 15.9. The Morgan fingerprint density at radius 2 is 2.00 bits per heavy atom. The van der Waals surface area contributed by atoms with E-state index in [9.17, 15) is 0 Å². The first-order valence-corrected chi connectivity index (χ1v) is 8.76. The molecule has 1 N–H and O–H groups in total. The maximum absolute atomic E-state index is 4.74. The van der Waals surface area contributed by atoms with E-state index in [0.29, 0.717) is 5.92 Å². The third-order valence-electron chi connectivity index (χ3n) is 4.78. The van der Waals surface area contributed by atoms with Crippen molar-refractivity contribution in [1.29, 1.82) is 0 Å². The van der Waals surface area contributed by atoms with E-state index in [1.807, 2.05) is 37.3 Å². The molecule has 1 aliphatic heterocycles. The van der Waals surface area contributed by atoms with Crippen LogP contribution >= 0.6 is 0 Å². The number of nitrogens with zero attached hydrogens (tertiary/aromatic N) is 5. The van der Waals surface area contributed by atoms with Gasteiger partial charge in [0, 0.05) is 37.0 Å². The van der Waals surface area contributed by atoms with Gasteiger partial charge in [0.05, 0.1) is 11.4 Å². The molecule has 6 nitrogen and oxygen atoms in total. The number of piperidine rings is 1. The Kier molecular flexibility index (Phi) is 4.52. The van der Waals surface area contributed by atoms with Crippen molar-refractivity contribution < 1.29 is 0 Å². The molecule has 4 rings (SSSR count). The standard InChI is InChI=1S/C19H22N6/c1-14-17(21-10-9-20-14)13-25-11-5-8-16(12-25)19-22-18(23-24-19)15-6-3-2-4-7-15/h2-4,6-7,9-10,16H,5,8,11-13H2,1H3,(H,22,23,24). The van der Waals surface area contributed by atoms with Gasteiger partial charge in [-0.2, -0.15) is 5.10 Å². The van der Waals surface area contributed by atoms with Gasteiger partial charge in [-0.15, -0.1) is 0 Å². The molecule has 1 atom stereocenters. The number of benzene rings is 1. The number of aromatic nitrogens is 5. The summed E-state index contributed by atoms with van der Waals surface area (Å²) >= 11 is 0. The molecular formula is C19H22N6. The fraction of sp³-hybridized carbons (Fsp3) is 0.368. The van der Waals surface area contributed by atoms with Crippen LogP contribution in [0.5, 0.6) is 0 Å². The normalized spacial score (nSPS) is 18.4. The Labute approximate surface area is 147 Å². The zero-order valence-electron chi connectivity index (χ0n) is 14.4. The number of likely N-dealkylation sites (tertiary alicyclic amines) is 1. The second kappa shape index (κ2) is 7.11. The highest BCUT2D eigenvalue weighted by Gasteiger charge is 2.25. The van der Waals surface area contributed by atoms with Crippen LogP contribution in [0.1, 0.15) is 36.0 Å². The first-order valence-electron chi connectivity index (χ1n) is 8.76. The Morgan fingerprint density at radius 1 is 1.16 bits per heavy atom. The molecule has 128 valence electrons. The Morgan fingerprint density at radius 3 is 2.84 bits per heavy atom. The van der Waals surface area contributed by atoms with E-state index in [2.05, 4.69) is 25.1 Å². The largest absolute Gasteiger partial charge is 0.297 e. The molecule has 1 aromatic carbocycles. The van der Waals surface area contributed by atoms with Gasteiger partial charge in [0.2, 0.25) is 0 Å². The van der Waals surface area contributed by atoms with Gasteiger partial charge in [-0.3, -0.25) is 20.0 Å². The van der Waals surface area contributed by atoms with Gasteiger partial charge in [-0.1, -0.05) is 30.3 Å². The number of hydrogen-bond donors (Lipinski definition) is 1. The Hall–Kier alpha value is -2.60. The first-order chi connectivity index (χ1) is 12.3. The lowest BCUT2D eigenvalue weighted by Gasteiger charge is -2.31. The predicted octanol–water partition coefficient (Wildman–Crippen LogP) is 2.95. The Bertz CT molecular complexity index is 829. The van der Waals surface area contributed by atoms with E-state index in [1.54, 1.807) is 12.4 Å². The molecule has 0 radical (unpaired) electrons. The fourth-order valence-corrected chi connectivity index (χ4v) is 3.40. The van der Waals surface area contributed by atoms with Gasteiger partial charge in [0.1, 0.15) is 5.82 Å². The monoisotopic (exact) mass is 334 g/mol. The SMILES string of the molecule is Cc1nccnc1CN1CCCC(c2nc(-c3ccccc3)n[nH]2)C1. The van der Waals surface area contributed by atoms with E-state index in [1.165, 1.54) is 0 Å². The van der Waals surface area contributed by atoms with Crippen LogP contribution in [0, 0.1) is 6.92 Å². The van der Waals surface area contributed by atoms with Crippen molar-refractivity contribution in [2.75, 3.05) is 13.1 Å². The van der Waals surface area contributed by atoms with Gasteiger partial charge in [0.15, 0.2) is 5.82 Å². The van der Waals surface area contributed by atoms with Crippen molar-refractivity contribution >= 4 is 0 Å². The lowest BCUT2D eigenvalue weighted by Crippen LogP contribution is -2.34. The van der Waals surface area contributed by atoms with Gasteiger partial charge >= 0.3 is 0 Å². The second-order valence-electron chi connectivity index (χ2n) is 6.57. The molecule has 1 fully saturated rings. The molecule has 1 saturated heterocycles. The lowest BCUT2D eigenvalue weighted by molar-refractivity contribution is 0.194. The molecule has 0 amide bonds. The molecule has 0 saturated carbocycles. The van der Waals surface area contributed by atoms with Crippen molar-refractivity contribution in [3.63, 3.8) is 0 Å². The van der Waals surface area contributed by atoms with E-state index < -0.39 is 0 Å². The van der Waals surface area contributed by atoms with Crippen LogP contribution in [-0.2, 0) is 6.54 Å². The fourth-order valence-electron chi connectivity index (χ4n) is 3.40. The molecule has 6 heteroatoms. The molecule has 0 spiro atoms. The average Bonchev–Trinajstić information content (AvgIpc) is 3.15. The maximum Gasteiger partial charge on any atom is 0.181 e. The molecule has 0 aliphatic carbocycles. The topological polar surface area (TPSA) is 70.6 Å². The van der Waals surface area contributed by atoms with Gasteiger partial charge < -0.3 is 0 Å². The Balaban J connectivity index is 1.46. The van der Waals surface area contributed by atoms with Gasteiger partial charge in [-0.05, 0) is 26.3 Å². The summed E-state index contributed by atoms with van der Waals surface area (Å²) in [7, 11) is 0. The van der Waals surface area contributed by atoms with E-state index in [0.717, 1.165) is 61.1 Å². The number of H-pyrrole nitrogens is 1. The van der Waals surface area contributed by atoms with Crippen LogP contribution < -0.4 is 0 Å². The number of aryl methyl sites for hydroxylation is 1. The average molecular weight is 334 g/mol. The van der Waals surface area contributed by atoms with Crippen molar-refractivity contribution in [3.8, 4) is 11.4 Å². The van der Waals surface area contributed by atoms with Gasteiger partial charge in [0.25, 0.3) is 0 Å². The molecule has 3 aromatic rings. The van der Waals surface area contributed by atoms with E-state index in [4.69, 9.17) is 4.98 Å². The highest BCUT2D eigenvalue weighted by molar-refractivity contribution is 5.53. The zero-order valence-corrected chi connectivity index (χ0v) is 14.4. The summed E-state index contributed by atoms with van der Waals surface area (Å²) < 4.78 is 0. The molecule has 1 unspecified atom stereocenters. The number of nitrogens with one attached hydrogen (secondary N) is 1. The maximum atomic E-state index is 4.74. The van der Waals surface area contributed by atoms with Crippen molar-refractivity contribution in [3.05, 3.63) is 59.9 Å². The van der Waals surface area contributed by atoms with Crippen LogP contribution in [-0.4, -0.2) is 43.1 Å². The summed E-state index contributed by atoms with van der Waals surface area (Å²) in [6, 6.07) is 10.1. The van der Waals surface area contributed by atoms with E-state index >= 15 is 0 Å². The zero-order chi connectivity index (χ0) is 17.1. The van der Waals surface area contributed by atoms with Crippen LogP contribution in [0.25, 0.3) is 11.4 Å². The summed E-state index contributed by atoms with van der Waals surface area (Å²) in [4.78, 5) is 16.0. The molecule has 3 heterocycles. The summed E-state index contributed by atoms with van der Waals surface area (Å²) in [5, 5.41) is 7.56. The van der Waals surface area contributed by atoms with Gasteiger partial charge in [-0.25, -0.2) is 4.98 Å². The van der Waals surface area contributed by atoms with Crippen LogP contribution in [0.2, 0.25) is 0 Å². The highest BCUT2D eigenvalue weighted by Crippen LogP contribution is 2.26. The second-order valence-corrected chi connectivity index (χ2v) is 6.57. The lowest BCUT2D eigenvalue weighted by atomic mass is 9.97. The summed E-state index contributed by atoms with van der Waals surface area (Å²) in [6.07, 6.45) is 5.81. The predicted molar refractivity (Wildman–Crippen MR) is 95.8 cm³/mol. The van der Waals surface area contributed by atoms with Crippen LogP contribution in [0.4, 0.5) is 0 Å². The molecule has 0 bridgehead atoms. The highest BCUT2D eigenvalue weighted by atomic mass is 15.2. The van der Waals surface area contributed by atoms with Crippen LogP contribution in [0.15, 0.2) is 42.7 Å². The summed E-state index contributed by atoms with van der Waals surface area (Å²) in [5.41, 5.74) is 3.12. The molecule has 2 aromatic heterocycles. The van der Waals surface area contributed by atoms with Crippen molar-refractivity contribution in [1.82, 2.24) is 30.0 Å².